The maximum Gasteiger partial charge on any atom is 0.126 e. The zero-order valence-electron chi connectivity index (χ0n) is 11.9. The lowest BCUT2D eigenvalue weighted by atomic mass is 9.81. The molecule has 1 N–H and O–H groups in total. The van der Waals surface area contributed by atoms with Gasteiger partial charge in [0.15, 0.2) is 0 Å². The molecule has 1 unspecified atom stereocenters. The van der Waals surface area contributed by atoms with Gasteiger partial charge < -0.3 is 14.7 Å². The second-order valence-corrected chi connectivity index (χ2v) is 6.47. The van der Waals surface area contributed by atoms with E-state index in [9.17, 15) is 5.11 Å². The molecule has 0 radical (unpaired) electrons. The van der Waals surface area contributed by atoms with E-state index in [1.165, 1.54) is 6.42 Å². The van der Waals surface area contributed by atoms with Gasteiger partial charge in [-0.15, -0.1) is 0 Å². The number of aliphatic hydroxyl groups excluding tert-OH is 1. The largest absolute Gasteiger partial charge is 0.487 e. The van der Waals surface area contributed by atoms with Crippen LogP contribution in [0.4, 0.5) is 0 Å². The van der Waals surface area contributed by atoms with Crippen LogP contribution in [0.15, 0.2) is 18.2 Å². The van der Waals surface area contributed by atoms with Crippen molar-refractivity contribution in [3.63, 3.8) is 0 Å². The molecule has 1 saturated heterocycles. The highest BCUT2D eigenvalue weighted by atomic mass is 35.5. The van der Waals surface area contributed by atoms with Crippen molar-refractivity contribution in [3.8, 4) is 5.75 Å². The van der Waals surface area contributed by atoms with Gasteiger partial charge in [0, 0.05) is 30.1 Å². The van der Waals surface area contributed by atoms with E-state index in [1.54, 1.807) is 0 Å². The molecule has 2 aliphatic heterocycles. The van der Waals surface area contributed by atoms with Gasteiger partial charge in [-0.1, -0.05) is 18.5 Å². The van der Waals surface area contributed by atoms with Crippen LogP contribution in [0.25, 0.3) is 0 Å². The number of rotatable bonds is 2. The average Bonchev–Trinajstić information content (AvgIpc) is 2.43. The Bertz CT molecular complexity index is 483. The topological polar surface area (TPSA) is 32.7 Å². The van der Waals surface area contributed by atoms with Crippen LogP contribution in [0.1, 0.15) is 44.3 Å². The minimum absolute atomic E-state index is 0.190. The Hall–Kier alpha value is -0.770. The van der Waals surface area contributed by atoms with Gasteiger partial charge in [0.05, 0.1) is 6.10 Å². The molecule has 1 fully saturated rings. The Morgan fingerprint density at radius 2 is 2.15 bits per heavy atom. The monoisotopic (exact) mass is 295 g/mol. The summed E-state index contributed by atoms with van der Waals surface area (Å²) in [6, 6.07) is 5.54. The number of likely N-dealkylation sites (tertiary alicyclic amines) is 1. The van der Waals surface area contributed by atoms with Crippen LogP contribution in [0.3, 0.4) is 0 Å². The number of halogens is 1. The third-order valence-electron chi connectivity index (χ3n) is 4.53. The average molecular weight is 296 g/mol. The molecule has 110 valence electrons. The van der Waals surface area contributed by atoms with E-state index in [2.05, 4.69) is 11.8 Å². The van der Waals surface area contributed by atoms with E-state index in [0.717, 1.165) is 43.8 Å². The van der Waals surface area contributed by atoms with Gasteiger partial charge in [-0.2, -0.15) is 0 Å². The summed E-state index contributed by atoms with van der Waals surface area (Å²) < 4.78 is 6.27. The van der Waals surface area contributed by atoms with Gasteiger partial charge in [0.1, 0.15) is 11.4 Å². The number of hydrogen-bond donors (Lipinski definition) is 1. The van der Waals surface area contributed by atoms with E-state index >= 15 is 0 Å². The summed E-state index contributed by atoms with van der Waals surface area (Å²) in [6.45, 7) is 5.49. The normalized spacial score (nSPS) is 25.2. The molecule has 1 aromatic rings. The third-order valence-corrected chi connectivity index (χ3v) is 4.76. The smallest absolute Gasteiger partial charge is 0.126 e. The number of aliphatic hydroxyl groups is 1. The maximum atomic E-state index is 10.4. The first-order valence-electron chi connectivity index (χ1n) is 7.51. The highest BCUT2D eigenvalue weighted by Crippen LogP contribution is 2.44. The van der Waals surface area contributed by atoms with Crippen molar-refractivity contribution in [2.24, 2.45) is 0 Å². The van der Waals surface area contributed by atoms with Gasteiger partial charge in [-0.25, -0.2) is 0 Å². The predicted molar refractivity (Wildman–Crippen MR) is 80.4 cm³/mol. The molecule has 0 saturated carbocycles. The van der Waals surface area contributed by atoms with Crippen LogP contribution in [0.2, 0.25) is 5.02 Å². The molecule has 3 rings (SSSR count). The molecule has 0 amide bonds. The van der Waals surface area contributed by atoms with E-state index in [1.807, 2.05) is 18.2 Å². The standard InChI is InChI=1S/C16H22ClNO2/c1-2-7-18-8-5-16(6-9-18)11-14(19)13-10-12(17)3-4-15(13)20-16/h3-4,10,14,19H,2,5-9,11H2,1H3. The summed E-state index contributed by atoms with van der Waals surface area (Å²) in [5.74, 6) is 0.803. The zero-order valence-corrected chi connectivity index (χ0v) is 12.7. The third kappa shape index (κ3) is 2.67. The highest BCUT2D eigenvalue weighted by Gasteiger charge is 2.42. The fourth-order valence-electron chi connectivity index (χ4n) is 3.42. The van der Waals surface area contributed by atoms with Gasteiger partial charge >= 0.3 is 0 Å². The van der Waals surface area contributed by atoms with Gasteiger partial charge in [-0.3, -0.25) is 0 Å². The summed E-state index contributed by atoms with van der Waals surface area (Å²) in [6.07, 6.45) is 3.39. The number of piperidine rings is 1. The van der Waals surface area contributed by atoms with Crippen LogP contribution in [0, 0.1) is 0 Å². The molecule has 0 bridgehead atoms. The Kier molecular flexibility index (Phi) is 3.93. The fourth-order valence-corrected chi connectivity index (χ4v) is 3.60. The summed E-state index contributed by atoms with van der Waals surface area (Å²) in [4.78, 5) is 2.48. The van der Waals surface area contributed by atoms with Crippen molar-refractivity contribution in [2.75, 3.05) is 19.6 Å². The SMILES string of the molecule is CCCN1CCC2(CC1)CC(O)c1cc(Cl)ccc1O2. The Labute approximate surface area is 125 Å². The number of benzene rings is 1. The molecule has 1 atom stereocenters. The Balaban J connectivity index is 1.76. The van der Waals surface area contributed by atoms with Gasteiger partial charge in [-0.05, 0) is 44.0 Å². The first kappa shape index (κ1) is 14.2. The minimum Gasteiger partial charge on any atom is -0.487 e. The molecule has 2 heterocycles. The van der Waals surface area contributed by atoms with Crippen molar-refractivity contribution >= 4 is 11.6 Å². The van der Waals surface area contributed by atoms with E-state index in [-0.39, 0.29) is 5.60 Å². The fraction of sp³-hybridized carbons (Fsp3) is 0.625. The Morgan fingerprint density at radius 1 is 1.40 bits per heavy atom. The molecule has 0 aromatic heterocycles. The molecule has 1 spiro atoms. The number of hydrogen-bond acceptors (Lipinski definition) is 3. The molecule has 0 aliphatic carbocycles. The van der Waals surface area contributed by atoms with E-state index < -0.39 is 6.10 Å². The van der Waals surface area contributed by atoms with Crippen LogP contribution < -0.4 is 4.74 Å². The lowest BCUT2D eigenvalue weighted by Crippen LogP contribution is -2.50. The van der Waals surface area contributed by atoms with E-state index in [0.29, 0.717) is 11.4 Å². The first-order valence-corrected chi connectivity index (χ1v) is 7.88. The molecular formula is C16H22ClNO2. The summed E-state index contributed by atoms with van der Waals surface area (Å²) >= 11 is 6.00. The van der Waals surface area contributed by atoms with Crippen LogP contribution in [-0.2, 0) is 0 Å². The van der Waals surface area contributed by atoms with Crippen molar-refractivity contribution in [3.05, 3.63) is 28.8 Å². The predicted octanol–water partition coefficient (Wildman–Crippen LogP) is 3.40. The molecule has 2 aliphatic rings. The summed E-state index contributed by atoms with van der Waals surface area (Å²) in [7, 11) is 0. The maximum absolute atomic E-state index is 10.4. The molecular weight excluding hydrogens is 274 g/mol. The van der Waals surface area contributed by atoms with Gasteiger partial charge in [0.2, 0.25) is 0 Å². The zero-order chi connectivity index (χ0) is 14.2. The molecule has 1 aromatic carbocycles. The number of nitrogens with zero attached hydrogens (tertiary/aromatic N) is 1. The van der Waals surface area contributed by atoms with Crippen molar-refractivity contribution < 1.29 is 9.84 Å². The number of fused-ring (bicyclic) bond motifs is 1. The van der Waals surface area contributed by atoms with Crippen LogP contribution in [-0.4, -0.2) is 35.2 Å². The second kappa shape index (κ2) is 5.55. The van der Waals surface area contributed by atoms with E-state index in [4.69, 9.17) is 16.3 Å². The quantitative estimate of drug-likeness (QED) is 0.908. The van der Waals surface area contributed by atoms with Gasteiger partial charge in [0.25, 0.3) is 0 Å². The van der Waals surface area contributed by atoms with Crippen LogP contribution >= 0.6 is 11.6 Å². The number of ether oxygens (including phenoxy) is 1. The first-order chi connectivity index (χ1) is 9.62. The van der Waals surface area contributed by atoms with Crippen molar-refractivity contribution in [1.29, 1.82) is 0 Å². The molecule has 20 heavy (non-hydrogen) atoms. The lowest BCUT2D eigenvalue weighted by Gasteiger charge is -2.46. The van der Waals surface area contributed by atoms with Crippen LogP contribution in [0.5, 0.6) is 5.75 Å². The van der Waals surface area contributed by atoms with Crippen molar-refractivity contribution in [2.45, 2.75) is 44.3 Å². The molecule has 4 heteroatoms. The second-order valence-electron chi connectivity index (χ2n) is 6.03. The Morgan fingerprint density at radius 3 is 2.85 bits per heavy atom. The lowest BCUT2D eigenvalue weighted by molar-refractivity contribution is -0.0537. The van der Waals surface area contributed by atoms with Crippen molar-refractivity contribution in [1.82, 2.24) is 4.90 Å². The minimum atomic E-state index is -0.463. The molecule has 3 nitrogen and oxygen atoms in total. The summed E-state index contributed by atoms with van der Waals surface area (Å²) in [5, 5.41) is 11.1. The summed E-state index contributed by atoms with van der Waals surface area (Å²) in [5.41, 5.74) is 0.643. The highest BCUT2D eigenvalue weighted by molar-refractivity contribution is 6.30.